The number of hydrogen-bond acceptors (Lipinski definition) is 3. The van der Waals surface area contributed by atoms with Crippen LogP contribution in [0.25, 0.3) is 0 Å². The summed E-state index contributed by atoms with van der Waals surface area (Å²) in [6.07, 6.45) is 0. The SMILES string of the molecule is COCCNCc1c(Cl)cccc1SC(C)C(C)C. The number of benzene rings is 1. The highest BCUT2D eigenvalue weighted by Gasteiger charge is 2.13. The van der Waals surface area contributed by atoms with Gasteiger partial charge in [0.25, 0.3) is 0 Å². The Labute approximate surface area is 126 Å². The molecule has 0 bridgehead atoms. The van der Waals surface area contributed by atoms with Crippen LogP contribution in [0.3, 0.4) is 0 Å². The number of hydrogen-bond donors (Lipinski definition) is 1. The molecule has 0 amide bonds. The van der Waals surface area contributed by atoms with Crippen LogP contribution in [0.2, 0.25) is 5.02 Å². The Hall–Kier alpha value is -0.220. The van der Waals surface area contributed by atoms with Gasteiger partial charge in [-0.05, 0) is 23.6 Å². The van der Waals surface area contributed by atoms with E-state index >= 15 is 0 Å². The van der Waals surface area contributed by atoms with Crippen molar-refractivity contribution in [3.05, 3.63) is 28.8 Å². The molecule has 0 radical (unpaired) electrons. The second-order valence-corrected chi connectivity index (χ2v) is 6.78. The van der Waals surface area contributed by atoms with Crippen LogP contribution in [0.4, 0.5) is 0 Å². The van der Waals surface area contributed by atoms with Gasteiger partial charge in [0.2, 0.25) is 0 Å². The van der Waals surface area contributed by atoms with Gasteiger partial charge in [-0.15, -0.1) is 11.8 Å². The van der Waals surface area contributed by atoms with Gasteiger partial charge in [-0.3, -0.25) is 0 Å². The summed E-state index contributed by atoms with van der Waals surface area (Å²) in [4.78, 5) is 1.28. The summed E-state index contributed by atoms with van der Waals surface area (Å²) in [5, 5.41) is 4.78. The second kappa shape index (κ2) is 8.85. The molecule has 4 heteroatoms. The van der Waals surface area contributed by atoms with Crippen LogP contribution in [0.1, 0.15) is 26.3 Å². The first-order valence-electron chi connectivity index (χ1n) is 6.70. The molecule has 1 unspecified atom stereocenters. The van der Waals surface area contributed by atoms with E-state index in [1.807, 2.05) is 23.9 Å². The first-order valence-corrected chi connectivity index (χ1v) is 7.95. The Morgan fingerprint density at radius 3 is 2.68 bits per heavy atom. The van der Waals surface area contributed by atoms with Crippen LogP contribution in [0.5, 0.6) is 0 Å². The van der Waals surface area contributed by atoms with Crippen molar-refractivity contribution >= 4 is 23.4 Å². The molecule has 0 aliphatic rings. The number of methoxy groups -OCH3 is 1. The fourth-order valence-electron chi connectivity index (χ4n) is 1.54. The van der Waals surface area contributed by atoms with Gasteiger partial charge in [0, 0.05) is 35.4 Å². The second-order valence-electron chi connectivity index (χ2n) is 4.95. The molecule has 1 atom stereocenters. The third-order valence-electron chi connectivity index (χ3n) is 3.11. The molecule has 108 valence electrons. The molecule has 1 aromatic rings. The molecule has 0 fully saturated rings. The fraction of sp³-hybridized carbons (Fsp3) is 0.600. The number of thioether (sulfide) groups is 1. The first kappa shape index (κ1) is 16.8. The predicted molar refractivity (Wildman–Crippen MR) is 85.2 cm³/mol. The lowest BCUT2D eigenvalue weighted by atomic mass is 10.2. The fourth-order valence-corrected chi connectivity index (χ4v) is 3.00. The molecule has 0 aliphatic heterocycles. The molecule has 0 heterocycles. The Kier molecular flexibility index (Phi) is 7.84. The maximum atomic E-state index is 6.32. The van der Waals surface area contributed by atoms with Gasteiger partial charge in [0.05, 0.1) is 6.61 Å². The van der Waals surface area contributed by atoms with Crippen LogP contribution in [0, 0.1) is 5.92 Å². The Morgan fingerprint density at radius 1 is 1.32 bits per heavy atom. The highest BCUT2D eigenvalue weighted by atomic mass is 35.5. The summed E-state index contributed by atoms with van der Waals surface area (Å²) >= 11 is 8.22. The van der Waals surface area contributed by atoms with Crippen molar-refractivity contribution in [3.63, 3.8) is 0 Å². The number of rotatable bonds is 8. The Balaban J connectivity index is 2.71. The van der Waals surface area contributed by atoms with E-state index in [0.29, 0.717) is 11.2 Å². The maximum absolute atomic E-state index is 6.32. The molecular formula is C15H24ClNOS. The van der Waals surface area contributed by atoms with Crippen LogP contribution in [0.15, 0.2) is 23.1 Å². The topological polar surface area (TPSA) is 21.3 Å². The van der Waals surface area contributed by atoms with Gasteiger partial charge in [0.15, 0.2) is 0 Å². The first-order chi connectivity index (χ1) is 9.06. The normalized spacial score (nSPS) is 12.9. The van der Waals surface area contributed by atoms with Crippen LogP contribution in [-0.4, -0.2) is 25.5 Å². The zero-order chi connectivity index (χ0) is 14.3. The average Bonchev–Trinajstić information content (AvgIpc) is 2.37. The molecule has 1 aromatic carbocycles. The number of halogens is 1. The van der Waals surface area contributed by atoms with Crippen LogP contribution in [-0.2, 0) is 11.3 Å². The molecule has 19 heavy (non-hydrogen) atoms. The largest absolute Gasteiger partial charge is 0.383 e. The van der Waals surface area contributed by atoms with E-state index in [9.17, 15) is 0 Å². The minimum absolute atomic E-state index is 0.580. The van der Waals surface area contributed by atoms with Gasteiger partial charge in [-0.1, -0.05) is 38.4 Å². The summed E-state index contributed by atoms with van der Waals surface area (Å²) in [6, 6.07) is 6.14. The van der Waals surface area contributed by atoms with Crippen molar-refractivity contribution < 1.29 is 4.74 Å². The van der Waals surface area contributed by atoms with Crippen LogP contribution < -0.4 is 5.32 Å². The van der Waals surface area contributed by atoms with Crippen LogP contribution >= 0.6 is 23.4 Å². The summed E-state index contributed by atoms with van der Waals surface area (Å²) < 4.78 is 5.04. The third-order valence-corrected chi connectivity index (χ3v) is 5.02. The lowest BCUT2D eigenvalue weighted by Gasteiger charge is -2.18. The van der Waals surface area contributed by atoms with Crippen molar-refractivity contribution in [2.75, 3.05) is 20.3 Å². The van der Waals surface area contributed by atoms with Crippen molar-refractivity contribution in [3.8, 4) is 0 Å². The summed E-state index contributed by atoms with van der Waals surface area (Å²) in [5.41, 5.74) is 1.19. The standard InChI is InChI=1S/C15H24ClNOS/c1-11(2)12(3)19-15-7-5-6-14(16)13(15)10-17-8-9-18-4/h5-7,11-12,17H,8-10H2,1-4H3. The highest BCUT2D eigenvalue weighted by Crippen LogP contribution is 2.33. The van der Waals surface area contributed by atoms with Gasteiger partial charge < -0.3 is 10.1 Å². The lowest BCUT2D eigenvalue weighted by Crippen LogP contribution is -2.19. The van der Waals surface area contributed by atoms with Crippen molar-refractivity contribution in [2.24, 2.45) is 5.92 Å². The van der Waals surface area contributed by atoms with Crippen molar-refractivity contribution in [1.82, 2.24) is 5.32 Å². The van der Waals surface area contributed by atoms with Gasteiger partial charge in [0.1, 0.15) is 0 Å². The minimum Gasteiger partial charge on any atom is -0.383 e. The summed E-state index contributed by atoms with van der Waals surface area (Å²) in [5.74, 6) is 0.651. The molecule has 2 nitrogen and oxygen atoms in total. The van der Waals surface area contributed by atoms with Crippen molar-refractivity contribution in [1.29, 1.82) is 0 Å². The van der Waals surface area contributed by atoms with E-state index < -0.39 is 0 Å². The zero-order valence-corrected chi connectivity index (χ0v) is 13.8. The maximum Gasteiger partial charge on any atom is 0.0587 e. The summed E-state index contributed by atoms with van der Waals surface area (Å²) in [7, 11) is 1.71. The Morgan fingerprint density at radius 2 is 2.05 bits per heavy atom. The van der Waals surface area contributed by atoms with E-state index in [-0.39, 0.29) is 0 Å². The molecule has 1 N–H and O–H groups in total. The monoisotopic (exact) mass is 301 g/mol. The molecule has 0 aliphatic carbocycles. The van der Waals surface area contributed by atoms with Gasteiger partial charge in [-0.2, -0.15) is 0 Å². The van der Waals surface area contributed by atoms with E-state index in [0.717, 1.165) is 24.7 Å². The summed E-state index contributed by atoms with van der Waals surface area (Å²) in [6.45, 7) is 9.10. The molecule has 0 saturated heterocycles. The molecular weight excluding hydrogens is 278 g/mol. The number of ether oxygens (including phenoxy) is 1. The molecule has 0 aromatic heterocycles. The van der Waals surface area contributed by atoms with E-state index in [4.69, 9.17) is 16.3 Å². The number of nitrogens with one attached hydrogen (secondary N) is 1. The molecule has 0 saturated carbocycles. The van der Waals surface area contributed by atoms with E-state index in [1.54, 1.807) is 7.11 Å². The minimum atomic E-state index is 0.580. The van der Waals surface area contributed by atoms with Crippen molar-refractivity contribution in [2.45, 2.75) is 37.5 Å². The quantitative estimate of drug-likeness (QED) is 0.574. The smallest absolute Gasteiger partial charge is 0.0587 e. The molecule has 1 rings (SSSR count). The zero-order valence-electron chi connectivity index (χ0n) is 12.2. The van der Waals surface area contributed by atoms with E-state index in [1.165, 1.54) is 10.5 Å². The van der Waals surface area contributed by atoms with Gasteiger partial charge >= 0.3 is 0 Å². The predicted octanol–water partition coefficient (Wildman–Crippen LogP) is 4.21. The molecule has 0 spiro atoms. The van der Waals surface area contributed by atoms with E-state index in [2.05, 4.69) is 32.2 Å². The highest BCUT2D eigenvalue weighted by molar-refractivity contribution is 8.00. The third kappa shape index (κ3) is 5.74. The lowest BCUT2D eigenvalue weighted by molar-refractivity contribution is 0.199. The average molecular weight is 302 g/mol. The van der Waals surface area contributed by atoms with Gasteiger partial charge in [-0.25, -0.2) is 0 Å². The Bertz CT molecular complexity index is 384.